The molecule has 0 unspecified atom stereocenters. The molecule has 2 rings (SSSR count). The molecule has 0 atom stereocenters. The maximum atomic E-state index is 11.8. The minimum absolute atomic E-state index is 0.453. The lowest BCUT2D eigenvalue weighted by atomic mass is 10.1. The molecule has 0 aliphatic heterocycles. The van der Waals surface area contributed by atoms with Gasteiger partial charge in [-0.1, -0.05) is 30.3 Å². The van der Waals surface area contributed by atoms with E-state index in [-0.39, 0.29) is 0 Å². The Kier molecular flexibility index (Phi) is 4.99. The number of carbonyl (C=O) groups excluding carboxylic acids is 1. The average molecular weight is 284 g/mol. The number of hydrogen-bond donors (Lipinski definition) is 0. The molecule has 108 valence electrons. The van der Waals surface area contributed by atoms with Crippen molar-refractivity contribution in [1.29, 1.82) is 0 Å². The lowest BCUT2D eigenvalue weighted by molar-refractivity contribution is -0.128. The van der Waals surface area contributed by atoms with Crippen LogP contribution in [0.1, 0.15) is 5.56 Å². The van der Waals surface area contributed by atoms with Crippen LogP contribution in [0.5, 0.6) is 17.2 Å². The number of para-hydroxylation sites is 2. The van der Waals surface area contributed by atoms with E-state index in [1.807, 2.05) is 18.2 Å². The number of hydrogen-bond acceptors (Lipinski definition) is 4. The van der Waals surface area contributed by atoms with Gasteiger partial charge in [0.1, 0.15) is 5.75 Å². The highest BCUT2D eigenvalue weighted by atomic mass is 16.5. The van der Waals surface area contributed by atoms with Crippen LogP contribution in [-0.2, 0) is 4.79 Å². The predicted octanol–water partition coefficient (Wildman–Crippen LogP) is 3.32. The van der Waals surface area contributed by atoms with E-state index in [9.17, 15) is 4.79 Å². The van der Waals surface area contributed by atoms with Crippen molar-refractivity contribution in [2.45, 2.75) is 0 Å². The summed E-state index contributed by atoms with van der Waals surface area (Å²) < 4.78 is 15.7. The Bertz CT molecular complexity index is 632. The van der Waals surface area contributed by atoms with Gasteiger partial charge < -0.3 is 14.2 Å². The molecule has 0 bridgehead atoms. The fourth-order valence-electron chi connectivity index (χ4n) is 1.84. The van der Waals surface area contributed by atoms with Gasteiger partial charge in [0.2, 0.25) is 0 Å². The molecule has 0 fully saturated rings. The molecule has 0 aliphatic carbocycles. The third-order valence-electron chi connectivity index (χ3n) is 2.79. The second-order valence-corrected chi connectivity index (χ2v) is 4.15. The Balaban J connectivity index is 2.12. The van der Waals surface area contributed by atoms with E-state index < -0.39 is 5.97 Å². The van der Waals surface area contributed by atoms with E-state index >= 15 is 0 Å². The summed E-state index contributed by atoms with van der Waals surface area (Å²) in [6.45, 7) is 0. The molecular formula is C17H16O4. The summed E-state index contributed by atoms with van der Waals surface area (Å²) in [7, 11) is 3.12. The van der Waals surface area contributed by atoms with Gasteiger partial charge >= 0.3 is 5.97 Å². The molecule has 2 aromatic rings. The van der Waals surface area contributed by atoms with E-state index in [1.54, 1.807) is 50.6 Å². The number of methoxy groups -OCH3 is 2. The maximum Gasteiger partial charge on any atom is 0.336 e. The van der Waals surface area contributed by atoms with Crippen molar-refractivity contribution < 1.29 is 19.0 Å². The summed E-state index contributed by atoms with van der Waals surface area (Å²) in [6, 6.07) is 14.3. The molecule has 0 N–H and O–H groups in total. The van der Waals surface area contributed by atoms with E-state index in [2.05, 4.69) is 0 Å². The molecule has 4 heteroatoms. The SMILES string of the molecule is COc1cccc(/C=C/C(=O)Oc2ccccc2)c1OC. The molecule has 21 heavy (non-hydrogen) atoms. The summed E-state index contributed by atoms with van der Waals surface area (Å²) in [4.78, 5) is 11.8. The van der Waals surface area contributed by atoms with Crippen LogP contribution in [0.4, 0.5) is 0 Å². The summed E-state index contributed by atoms with van der Waals surface area (Å²) in [5.41, 5.74) is 0.738. The van der Waals surface area contributed by atoms with Crippen LogP contribution >= 0.6 is 0 Å². The molecule has 0 aromatic heterocycles. The highest BCUT2D eigenvalue weighted by Crippen LogP contribution is 2.31. The van der Waals surface area contributed by atoms with Crippen molar-refractivity contribution in [2.75, 3.05) is 14.2 Å². The zero-order valence-electron chi connectivity index (χ0n) is 11.9. The van der Waals surface area contributed by atoms with Crippen molar-refractivity contribution >= 4 is 12.0 Å². The highest BCUT2D eigenvalue weighted by molar-refractivity contribution is 5.89. The fraction of sp³-hybridized carbons (Fsp3) is 0.118. The molecular weight excluding hydrogens is 268 g/mol. The van der Waals surface area contributed by atoms with Gasteiger partial charge in [-0.2, -0.15) is 0 Å². The summed E-state index contributed by atoms with van der Waals surface area (Å²) in [6.07, 6.45) is 2.98. The van der Waals surface area contributed by atoms with Crippen LogP contribution in [0, 0.1) is 0 Å². The van der Waals surface area contributed by atoms with Gasteiger partial charge in [-0.25, -0.2) is 4.79 Å². The van der Waals surface area contributed by atoms with Gasteiger partial charge in [0.05, 0.1) is 14.2 Å². The van der Waals surface area contributed by atoms with Crippen LogP contribution < -0.4 is 14.2 Å². The molecule has 0 spiro atoms. The largest absolute Gasteiger partial charge is 0.493 e. The maximum absolute atomic E-state index is 11.8. The van der Waals surface area contributed by atoms with Crippen molar-refractivity contribution in [1.82, 2.24) is 0 Å². The quantitative estimate of drug-likeness (QED) is 0.480. The number of rotatable bonds is 5. The zero-order chi connectivity index (χ0) is 15.1. The minimum atomic E-state index is -0.453. The number of benzene rings is 2. The normalized spacial score (nSPS) is 10.4. The zero-order valence-corrected chi connectivity index (χ0v) is 11.9. The third kappa shape index (κ3) is 3.86. The first-order valence-electron chi connectivity index (χ1n) is 6.40. The lowest BCUT2D eigenvalue weighted by Crippen LogP contribution is -2.03. The molecule has 4 nitrogen and oxygen atoms in total. The Labute approximate surface area is 123 Å². The average Bonchev–Trinajstić information content (AvgIpc) is 2.53. The van der Waals surface area contributed by atoms with Gasteiger partial charge in [-0.3, -0.25) is 0 Å². The van der Waals surface area contributed by atoms with E-state index in [0.29, 0.717) is 17.2 Å². The first-order valence-corrected chi connectivity index (χ1v) is 6.40. The molecule has 0 saturated carbocycles. The number of carbonyl (C=O) groups is 1. The van der Waals surface area contributed by atoms with Crippen LogP contribution in [0.3, 0.4) is 0 Å². The van der Waals surface area contributed by atoms with Crippen molar-refractivity contribution in [3.05, 3.63) is 60.2 Å². The Morgan fingerprint density at radius 2 is 1.71 bits per heavy atom. The summed E-state index contributed by atoms with van der Waals surface area (Å²) in [5, 5.41) is 0. The van der Waals surface area contributed by atoms with E-state index in [1.165, 1.54) is 6.08 Å². The Morgan fingerprint density at radius 3 is 2.38 bits per heavy atom. The number of esters is 1. The topological polar surface area (TPSA) is 44.8 Å². The first kappa shape index (κ1) is 14.7. The van der Waals surface area contributed by atoms with Crippen molar-refractivity contribution in [3.8, 4) is 17.2 Å². The van der Waals surface area contributed by atoms with Gasteiger partial charge in [0.15, 0.2) is 11.5 Å². The Morgan fingerprint density at radius 1 is 0.952 bits per heavy atom. The van der Waals surface area contributed by atoms with Crippen molar-refractivity contribution in [2.24, 2.45) is 0 Å². The van der Waals surface area contributed by atoms with Crippen LogP contribution in [-0.4, -0.2) is 20.2 Å². The second kappa shape index (κ2) is 7.14. The third-order valence-corrected chi connectivity index (χ3v) is 2.79. The van der Waals surface area contributed by atoms with Crippen molar-refractivity contribution in [3.63, 3.8) is 0 Å². The van der Waals surface area contributed by atoms with Gasteiger partial charge in [-0.05, 0) is 24.3 Å². The standard InChI is InChI=1S/C17H16O4/c1-19-15-10-6-7-13(17(15)20-2)11-12-16(18)21-14-8-4-3-5-9-14/h3-12H,1-2H3/b12-11+. The fourth-order valence-corrected chi connectivity index (χ4v) is 1.84. The Hall–Kier alpha value is -2.75. The summed E-state index contributed by atoms with van der Waals surface area (Å²) in [5.74, 6) is 1.23. The van der Waals surface area contributed by atoms with E-state index in [0.717, 1.165) is 5.56 Å². The molecule has 0 aliphatic rings. The van der Waals surface area contributed by atoms with Crippen LogP contribution in [0.2, 0.25) is 0 Å². The molecule has 0 heterocycles. The number of ether oxygens (including phenoxy) is 3. The monoisotopic (exact) mass is 284 g/mol. The van der Waals surface area contributed by atoms with Gasteiger partial charge in [0, 0.05) is 11.6 Å². The second-order valence-electron chi connectivity index (χ2n) is 4.15. The summed E-state index contributed by atoms with van der Waals surface area (Å²) >= 11 is 0. The molecule has 0 saturated heterocycles. The van der Waals surface area contributed by atoms with Crippen LogP contribution in [0.25, 0.3) is 6.08 Å². The predicted molar refractivity (Wildman–Crippen MR) is 80.7 cm³/mol. The molecule has 0 radical (unpaired) electrons. The lowest BCUT2D eigenvalue weighted by Gasteiger charge is -2.09. The minimum Gasteiger partial charge on any atom is -0.493 e. The first-order chi connectivity index (χ1) is 10.2. The smallest absolute Gasteiger partial charge is 0.336 e. The van der Waals surface area contributed by atoms with Gasteiger partial charge in [-0.15, -0.1) is 0 Å². The highest BCUT2D eigenvalue weighted by Gasteiger charge is 2.07. The van der Waals surface area contributed by atoms with E-state index in [4.69, 9.17) is 14.2 Å². The van der Waals surface area contributed by atoms with Gasteiger partial charge in [0.25, 0.3) is 0 Å². The molecule has 2 aromatic carbocycles. The van der Waals surface area contributed by atoms with Crippen LogP contribution in [0.15, 0.2) is 54.6 Å². The molecule has 0 amide bonds.